The first-order chi connectivity index (χ1) is 15.0. The molecule has 2 heterocycles. The van der Waals surface area contributed by atoms with E-state index in [-0.39, 0.29) is 0 Å². The van der Waals surface area contributed by atoms with Crippen molar-refractivity contribution in [1.29, 1.82) is 0 Å². The molecule has 0 unspecified atom stereocenters. The predicted octanol–water partition coefficient (Wildman–Crippen LogP) is 5.85. The summed E-state index contributed by atoms with van der Waals surface area (Å²) in [5, 5.41) is 14.5. The highest BCUT2D eigenvalue weighted by Crippen LogP contribution is 2.37. The van der Waals surface area contributed by atoms with E-state index in [4.69, 9.17) is 37.2 Å². The molecule has 2 aromatic heterocycles. The van der Waals surface area contributed by atoms with Crippen LogP contribution in [0.3, 0.4) is 0 Å². The highest BCUT2D eigenvalue weighted by Gasteiger charge is 2.21. The molecule has 10 heteroatoms. The first-order valence-corrected chi connectivity index (χ1v) is 10.9. The third-order valence-electron chi connectivity index (χ3n) is 4.45. The highest BCUT2D eigenvalue weighted by molar-refractivity contribution is 7.98. The summed E-state index contributed by atoms with van der Waals surface area (Å²) in [7, 11) is 3.17. The summed E-state index contributed by atoms with van der Waals surface area (Å²) in [6.45, 7) is 1.88. The Morgan fingerprint density at radius 2 is 1.77 bits per heavy atom. The number of rotatable bonds is 7. The fraction of sp³-hybridized carbons (Fsp3) is 0.190. The molecule has 0 amide bonds. The fourth-order valence-electron chi connectivity index (χ4n) is 3.04. The molecule has 4 aromatic rings. The monoisotopic (exact) mass is 476 g/mol. The standard InChI is InChI=1S/C21H18Cl2N4O3S/c1-12-8-15(30-26-12)11-31-21-25-24-20(16-9-13(22)4-6-18(16)28-2)27(21)14-5-7-19(29-3)17(23)10-14/h4-10H,11H2,1-3H3. The van der Waals surface area contributed by atoms with Crippen molar-refractivity contribution >= 4 is 35.0 Å². The molecule has 0 fully saturated rings. The Morgan fingerprint density at radius 3 is 2.45 bits per heavy atom. The quantitative estimate of drug-likeness (QED) is 0.309. The summed E-state index contributed by atoms with van der Waals surface area (Å²) in [5.41, 5.74) is 2.30. The first-order valence-electron chi connectivity index (χ1n) is 9.18. The van der Waals surface area contributed by atoms with Crippen LogP contribution in [0.5, 0.6) is 11.5 Å². The summed E-state index contributed by atoms with van der Waals surface area (Å²) in [5.74, 6) is 3.05. The van der Waals surface area contributed by atoms with Gasteiger partial charge in [-0.2, -0.15) is 0 Å². The Bertz CT molecular complexity index is 1230. The van der Waals surface area contributed by atoms with Crippen LogP contribution in [-0.2, 0) is 5.75 Å². The van der Waals surface area contributed by atoms with E-state index in [1.54, 1.807) is 44.6 Å². The van der Waals surface area contributed by atoms with Crippen LogP contribution < -0.4 is 9.47 Å². The number of ether oxygens (including phenoxy) is 2. The summed E-state index contributed by atoms with van der Waals surface area (Å²) >= 11 is 14.1. The van der Waals surface area contributed by atoms with Crippen molar-refractivity contribution in [1.82, 2.24) is 19.9 Å². The van der Waals surface area contributed by atoms with Crippen LogP contribution in [0.25, 0.3) is 17.1 Å². The van der Waals surface area contributed by atoms with E-state index in [1.165, 1.54) is 11.8 Å². The van der Waals surface area contributed by atoms with Crippen molar-refractivity contribution in [2.24, 2.45) is 0 Å². The third-order valence-corrected chi connectivity index (χ3v) is 5.93. The van der Waals surface area contributed by atoms with Crippen LogP contribution >= 0.6 is 35.0 Å². The maximum absolute atomic E-state index is 6.40. The maximum atomic E-state index is 6.40. The van der Waals surface area contributed by atoms with E-state index in [0.717, 1.165) is 17.1 Å². The van der Waals surface area contributed by atoms with Crippen LogP contribution in [0.15, 0.2) is 52.1 Å². The van der Waals surface area contributed by atoms with Gasteiger partial charge in [-0.15, -0.1) is 10.2 Å². The second-order valence-electron chi connectivity index (χ2n) is 6.53. The molecule has 0 atom stereocenters. The number of thioether (sulfide) groups is 1. The second-order valence-corrected chi connectivity index (χ2v) is 8.31. The van der Waals surface area contributed by atoms with Crippen LogP contribution in [0, 0.1) is 6.92 Å². The molecule has 31 heavy (non-hydrogen) atoms. The average Bonchev–Trinajstić information content (AvgIpc) is 3.38. The smallest absolute Gasteiger partial charge is 0.196 e. The molecule has 7 nitrogen and oxygen atoms in total. The van der Waals surface area contributed by atoms with Gasteiger partial charge in [0.15, 0.2) is 11.0 Å². The summed E-state index contributed by atoms with van der Waals surface area (Å²) < 4.78 is 18.0. The Kier molecular flexibility index (Phi) is 6.41. The zero-order chi connectivity index (χ0) is 22.0. The summed E-state index contributed by atoms with van der Waals surface area (Å²) in [4.78, 5) is 0. The van der Waals surface area contributed by atoms with Crippen LogP contribution in [-0.4, -0.2) is 34.1 Å². The normalized spacial score (nSPS) is 11.0. The molecule has 0 aliphatic carbocycles. The molecule has 0 saturated carbocycles. The molecule has 0 aliphatic heterocycles. The van der Waals surface area contributed by atoms with Gasteiger partial charge in [-0.05, 0) is 43.3 Å². The Hall–Kier alpha value is -2.68. The fourth-order valence-corrected chi connectivity index (χ4v) is 4.29. The zero-order valence-electron chi connectivity index (χ0n) is 16.9. The van der Waals surface area contributed by atoms with Gasteiger partial charge >= 0.3 is 0 Å². The number of benzene rings is 2. The number of hydrogen-bond acceptors (Lipinski definition) is 7. The number of methoxy groups -OCH3 is 2. The Morgan fingerprint density at radius 1 is 1.00 bits per heavy atom. The number of aryl methyl sites for hydroxylation is 1. The molecule has 0 radical (unpaired) electrons. The lowest BCUT2D eigenvalue weighted by Gasteiger charge is -2.14. The molecule has 0 bridgehead atoms. The molecule has 0 aliphatic rings. The average molecular weight is 477 g/mol. The molecule has 0 spiro atoms. The van der Waals surface area contributed by atoms with Crippen molar-refractivity contribution in [3.63, 3.8) is 0 Å². The van der Waals surface area contributed by atoms with Crippen LogP contribution in [0.2, 0.25) is 10.0 Å². The van der Waals surface area contributed by atoms with E-state index in [9.17, 15) is 0 Å². The molecule has 160 valence electrons. The van der Waals surface area contributed by atoms with Crippen molar-refractivity contribution in [3.05, 3.63) is 64.0 Å². The van der Waals surface area contributed by atoms with Crippen molar-refractivity contribution in [3.8, 4) is 28.6 Å². The van der Waals surface area contributed by atoms with Crippen LogP contribution in [0.4, 0.5) is 0 Å². The van der Waals surface area contributed by atoms with E-state index in [2.05, 4.69) is 15.4 Å². The van der Waals surface area contributed by atoms with Gasteiger partial charge in [0.1, 0.15) is 17.3 Å². The second kappa shape index (κ2) is 9.21. The lowest BCUT2D eigenvalue weighted by molar-refractivity contribution is 0.391. The lowest BCUT2D eigenvalue weighted by atomic mass is 10.2. The van der Waals surface area contributed by atoms with Gasteiger partial charge < -0.3 is 14.0 Å². The number of aromatic nitrogens is 4. The maximum Gasteiger partial charge on any atom is 0.196 e. The van der Waals surface area contributed by atoms with Crippen molar-refractivity contribution in [2.45, 2.75) is 17.8 Å². The van der Waals surface area contributed by atoms with E-state index < -0.39 is 0 Å². The predicted molar refractivity (Wildman–Crippen MR) is 121 cm³/mol. The molecular formula is C21H18Cl2N4O3S. The summed E-state index contributed by atoms with van der Waals surface area (Å²) in [6, 6.07) is 12.7. The molecule has 2 aromatic carbocycles. The van der Waals surface area contributed by atoms with E-state index in [0.29, 0.717) is 43.8 Å². The SMILES string of the molecule is COc1ccc(-n2c(SCc3cc(C)no3)nnc2-c2cc(Cl)ccc2OC)cc1Cl. The van der Waals surface area contributed by atoms with Gasteiger partial charge in [0.05, 0.1) is 41.9 Å². The number of halogens is 2. The van der Waals surface area contributed by atoms with Gasteiger partial charge in [0.2, 0.25) is 0 Å². The lowest BCUT2D eigenvalue weighted by Crippen LogP contribution is -2.01. The topological polar surface area (TPSA) is 75.2 Å². The Labute approximate surface area is 193 Å². The minimum atomic E-state index is 0.472. The number of hydrogen-bond donors (Lipinski definition) is 0. The molecule has 0 saturated heterocycles. The summed E-state index contributed by atoms with van der Waals surface area (Å²) in [6.07, 6.45) is 0. The van der Waals surface area contributed by atoms with E-state index >= 15 is 0 Å². The van der Waals surface area contributed by atoms with E-state index in [1.807, 2.05) is 23.6 Å². The highest BCUT2D eigenvalue weighted by atomic mass is 35.5. The van der Waals surface area contributed by atoms with Crippen LogP contribution in [0.1, 0.15) is 11.5 Å². The third kappa shape index (κ3) is 4.51. The Balaban J connectivity index is 1.83. The zero-order valence-corrected chi connectivity index (χ0v) is 19.3. The minimum absolute atomic E-state index is 0.472. The molecule has 0 N–H and O–H groups in total. The van der Waals surface area contributed by atoms with Gasteiger partial charge in [-0.3, -0.25) is 4.57 Å². The van der Waals surface area contributed by atoms with Crippen molar-refractivity contribution < 1.29 is 14.0 Å². The van der Waals surface area contributed by atoms with Gasteiger partial charge in [-0.1, -0.05) is 40.1 Å². The van der Waals surface area contributed by atoms with Gasteiger partial charge in [0.25, 0.3) is 0 Å². The molecular weight excluding hydrogens is 459 g/mol. The minimum Gasteiger partial charge on any atom is -0.496 e. The largest absolute Gasteiger partial charge is 0.496 e. The number of nitrogens with zero attached hydrogens (tertiary/aromatic N) is 4. The van der Waals surface area contributed by atoms with Gasteiger partial charge in [0, 0.05) is 11.1 Å². The first kappa shape index (κ1) is 21.5. The van der Waals surface area contributed by atoms with Gasteiger partial charge in [-0.25, -0.2) is 0 Å². The molecule has 4 rings (SSSR count). The van der Waals surface area contributed by atoms with Crippen molar-refractivity contribution in [2.75, 3.05) is 14.2 Å².